The van der Waals surface area contributed by atoms with Crippen molar-refractivity contribution in [3.8, 4) is 0 Å². The predicted molar refractivity (Wildman–Crippen MR) is 52.2 cm³/mol. The highest BCUT2D eigenvalue weighted by molar-refractivity contribution is 6.36. The summed E-state index contributed by atoms with van der Waals surface area (Å²) < 4.78 is 16.2. The molecule has 4 heteroatoms. The SMILES string of the molecule is CC(C)COB1OCC(C)(C)CO1. The molecule has 1 heterocycles. The molecule has 0 unspecified atom stereocenters. The summed E-state index contributed by atoms with van der Waals surface area (Å²) in [6.07, 6.45) is 0. The Balaban J connectivity index is 2.18. The van der Waals surface area contributed by atoms with Gasteiger partial charge < -0.3 is 14.0 Å². The summed E-state index contributed by atoms with van der Waals surface area (Å²) in [5.41, 5.74) is 0.123. The third-order valence-electron chi connectivity index (χ3n) is 1.79. The highest BCUT2D eigenvalue weighted by atomic mass is 16.7. The Bertz CT molecular complexity index is 146. The molecule has 1 aliphatic heterocycles. The van der Waals surface area contributed by atoms with Crippen molar-refractivity contribution in [1.82, 2.24) is 0 Å². The highest BCUT2D eigenvalue weighted by Crippen LogP contribution is 2.21. The van der Waals surface area contributed by atoms with Crippen LogP contribution in [0, 0.1) is 11.3 Å². The standard InChI is InChI=1S/C9H19BO3/c1-8(2)5-11-10-12-6-9(3,4)7-13-10/h8H,5-7H2,1-4H3. The highest BCUT2D eigenvalue weighted by Gasteiger charge is 2.34. The van der Waals surface area contributed by atoms with Crippen molar-refractivity contribution < 1.29 is 14.0 Å². The second kappa shape index (κ2) is 4.44. The lowest BCUT2D eigenvalue weighted by atomic mass is 9.93. The first-order valence-corrected chi connectivity index (χ1v) is 4.84. The van der Waals surface area contributed by atoms with Crippen molar-refractivity contribution in [2.24, 2.45) is 11.3 Å². The maximum atomic E-state index is 5.40. The van der Waals surface area contributed by atoms with Crippen molar-refractivity contribution in [2.45, 2.75) is 27.7 Å². The van der Waals surface area contributed by atoms with E-state index in [4.69, 9.17) is 14.0 Å². The van der Waals surface area contributed by atoms with Crippen LogP contribution in [0.3, 0.4) is 0 Å². The van der Waals surface area contributed by atoms with Crippen LogP contribution >= 0.6 is 0 Å². The molecule has 1 saturated heterocycles. The first-order valence-electron chi connectivity index (χ1n) is 4.84. The molecule has 0 aromatic carbocycles. The molecular weight excluding hydrogens is 167 g/mol. The summed E-state index contributed by atoms with van der Waals surface area (Å²) in [5.74, 6) is 0.516. The molecule has 1 fully saturated rings. The van der Waals surface area contributed by atoms with Crippen molar-refractivity contribution in [3.05, 3.63) is 0 Å². The van der Waals surface area contributed by atoms with Crippen LogP contribution in [0.2, 0.25) is 0 Å². The first kappa shape index (κ1) is 11.0. The molecule has 0 amide bonds. The summed E-state index contributed by atoms with van der Waals surface area (Å²) >= 11 is 0. The van der Waals surface area contributed by atoms with Crippen LogP contribution in [-0.2, 0) is 14.0 Å². The van der Waals surface area contributed by atoms with Crippen LogP contribution in [0.4, 0.5) is 0 Å². The van der Waals surface area contributed by atoms with Gasteiger partial charge in [-0.25, -0.2) is 0 Å². The van der Waals surface area contributed by atoms with E-state index in [1.54, 1.807) is 0 Å². The smallest absolute Gasteiger partial charge is 0.386 e. The van der Waals surface area contributed by atoms with Gasteiger partial charge in [-0.2, -0.15) is 0 Å². The molecule has 0 N–H and O–H groups in total. The minimum Gasteiger partial charge on any atom is -0.386 e. The number of rotatable bonds is 3. The summed E-state index contributed by atoms with van der Waals surface area (Å²) in [4.78, 5) is 0. The number of hydrogen-bond donors (Lipinski definition) is 0. The fourth-order valence-corrected chi connectivity index (χ4v) is 1.04. The zero-order chi connectivity index (χ0) is 9.90. The van der Waals surface area contributed by atoms with E-state index in [0.717, 1.165) is 0 Å². The molecule has 0 atom stereocenters. The molecule has 1 rings (SSSR count). The summed E-state index contributed by atoms with van der Waals surface area (Å²) in [6.45, 7) is 10.5. The van der Waals surface area contributed by atoms with Gasteiger partial charge in [0.2, 0.25) is 0 Å². The third-order valence-corrected chi connectivity index (χ3v) is 1.79. The van der Waals surface area contributed by atoms with Crippen LogP contribution < -0.4 is 0 Å². The zero-order valence-corrected chi connectivity index (χ0v) is 9.00. The van der Waals surface area contributed by atoms with E-state index in [1.807, 2.05) is 0 Å². The normalized spacial score (nSPS) is 22.4. The van der Waals surface area contributed by atoms with Gasteiger partial charge in [-0.15, -0.1) is 0 Å². The van der Waals surface area contributed by atoms with E-state index < -0.39 is 7.32 Å². The summed E-state index contributed by atoms with van der Waals surface area (Å²) in [7, 11) is -0.449. The van der Waals surface area contributed by atoms with E-state index in [1.165, 1.54) is 0 Å². The molecule has 0 bridgehead atoms. The predicted octanol–water partition coefficient (Wildman–Crippen LogP) is 1.72. The molecule has 76 valence electrons. The second-order valence-electron chi connectivity index (χ2n) is 4.80. The van der Waals surface area contributed by atoms with Crippen LogP contribution in [0.5, 0.6) is 0 Å². The second-order valence-corrected chi connectivity index (χ2v) is 4.80. The Morgan fingerprint density at radius 1 is 1.31 bits per heavy atom. The Hall–Kier alpha value is -0.0551. The Kier molecular flexibility index (Phi) is 3.77. The van der Waals surface area contributed by atoms with E-state index in [0.29, 0.717) is 25.7 Å². The maximum absolute atomic E-state index is 5.40. The molecule has 13 heavy (non-hydrogen) atoms. The molecule has 0 aliphatic carbocycles. The number of hydrogen-bond acceptors (Lipinski definition) is 3. The van der Waals surface area contributed by atoms with Gasteiger partial charge in [0.05, 0.1) is 0 Å². The van der Waals surface area contributed by atoms with Crippen molar-refractivity contribution >= 4 is 7.32 Å². The molecule has 0 saturated carbocycles. The van der Waals surface area contributed by atoms with Crippen LogP contribution in [0.1, 0.15) is 27.7 Å². The average molecular weight is 186 g/mol. The van der Waals surface area contributed by atoms with Gasteiger partial charge in [0.15, 0.2) is 0 Å². The maximum Gasteiger partial charge on any atom is 0.639 e. The van der Waals surface area contributed by atoms with Crippen LogP contribution in [0.25, 0.3) is 0 Å². The van der Waals surface area contributed by atoms with Gasteiger partial charge in [-0.1, -0.05) is 27.7 Å². The Morgan fingerprint density at radius 3 is 2.31 bits per heavy atom. The molecule has 0 spiro atoms. The minimum atomic E-state index is -0.449. The molecule has 1 aliphatic rings. The van der Waals surface area contributed by atoms with E-state index in [9.17, 15) is 0 Å². The minimum absolute atomic E-state index is 0.123. The topological polar surface area (TPSA) is 27.7 Å². The zero-order valence-electron chi connectivity index (χ0n) is 9.00. The summed E-state index contributed by atoms with van der Waals surface area (Å²) in [5, 5.41) is 0. The van der Waals surface area contributed by atoms with Gasteiger partial charge in [-0.05, 0) is 5.92 Å². The molecule has 3 nitrogen and oxygen atoms in total. The quantitative estimate of drug-likeness (QED) is 0.628. The largest absolute Gasteiger partial charge is 0.639 e. The lowest BCUT2D eigenvalue weighted by Crippen LogP contribution is -2.42. The monoisotopic (exact) mass is 186 g/mol. The Morgan fingerprint density at radius 2 is 1.85 bits per heavy atom. The first-order chi connectivity index (χ1) is 5.99. The molecule has 0 aromatic heterocycles. The fraction of sp³-hybridized carbons (Fsp3) is 1.00. The third kappa shape index (κ3) is 4.11. The van der Waals surface area contributed by atoms with Crippen LogP contribution in [-0.4, -0.2) is 27.1 Å². The van der Waals surface area contributed by atoms with Crippen molar-refractivity contribution in [1.29, 1.82) is 0 Å². The lowest BCUT2D eigenvalue weighted by molar-refractivity contribution is -0.0217. The molecule has 0 aromatic rings. The summed E-state index contributed by atoms with van der Waals surface area (Å²) in [6, 6.07) is 0. The molecular formula is C9H19BO3. The lowest BCUT2D eigenvalue weighted by Gasteiger charge is -2.32. The molecule has 0 radical (unpaired) electrons. The average Bonchev–Trinajstić information content (AvgIpc) is 2.02. The van der Waals surface area contributed by atoms with Gasteiger partial charge in [0.25, 0.3) is 0 Å². The van der Waals surface area contributed by atoms with E-state index >= 15 is 0 Å². The van der Waals surface area contributed by atoms with Gasteiger partial charge >= 0.3 is 7.32 Å². The van der Waals surface area contributed by atoms with E-state index in [-0.39, 0.29) is 5.41 Å². The van der Waals surface area contributed by atoms with Gasteiger partial charge in [0, 0.05) is 25.2 Å². The van der Waals surface area contributed by atoms with E-state index in [2.05, 4.69) is 27.7 Å². The van der Waals surface area contributed by atoms with Gasteiger partial charge in [0.1, 0.15) is 0 Å². The fourth-order valence-electron chi connectivity index (χ4n) is 1.04. The van der Waals surface area contributed by atoms with Gasteiger partial charge in [-0.3, -0.25) is 0 Å². The van der Waals surface area contributed by atoms with Crippen molar-refractivity contribution in [3.63, 3.8) is 0 Å². The van der Waals surface area contributed by atoms with Crippen molar-refractivity contribution in [2.75, 3.05) is 19.8 Å². The Labute approximate surface area is 80.9 Å². The van der Waals surface area contributed by atoms with Crippen LogP contribution in [0.15, 0.2) is 0 Å².